The van der Waals surface area contributed by atoms with Crippen molar-refractivity contribution in [3.05, 3.63) is 545 Å². The number of hydrogen-bond donors (Lipinski definition) is 0. The quantitative estimate of drug-likeness (QED) is 0.116. The molecule has 6 nitrogen and oxygen atoms in total. The molecule has 6 heterocycles. The van der Waals surface area contributed by atoms with Gasteiger partial charge in [0.25, 0.3) is 0 Å². The third kappa shape index (κ3) is 13.9. The molecule has 0 radical (unpaired) electrons. The van der Waals surface area contributed by atoms with E-state index < -0.39 is 0 Å². The van der Waals surface area contributed by atoms with E-state index >= 15 is 0 Å². The van der Waals surface area contributed by atoms with Crippen molar-refractivity contribution in [2.75, 3.05) is 0 Å². The average Bonchev–Trinajstić information content (AvgIpc) is 1.55. The van der Waals surface area contributed by atoms with Gasteiger partial charge in [-0.1, -0.05) is 360 Å². The van der Waals surface area contributed by atoms with Gasteiger partial charge in [0.1, 0.15) is 0 Å². The van der Waals surface area contributed by atoms with Crippen molar-refractivity contribution in [2.45, 2.75) is 19.3 Å². The van der Waals surface area contributed by atoms with E-state index in [2.05, 4.69) is 575 Å². The molecular weight excluding hydrogens is 1780 g/mol. The molecule has 0 aliphatic heterocycles. The highest BCUT2D eigenvalue weighted by molar-refractivity contribution is 6.19. The lowest BCUT2D eigenvalue weighted by atomic mass is 9.82. The number of rotatable bonds is 11. The Balaban J connectivity index is 0.000000104. The molecule has 1 aliphatic rings. The molecule has 6 aromatic heterocycles. The van der Waals surface area contributed by atoms with Crippen LogP contribution in [0.1, 0.15) is 25.0 Å². The lowest BCUT2D eigenvalue weighted by Gasteiger charge is -2.21. The maximum absolute atomic E-state index is 2.46. The second-order valence-corrected chi connectivity index (χ2v) is 39.8. The smallest absolute Gasteiger partial charge is 0.0544 e. The van der Waals surface area contributed by atoms with Gasteiger partial charge >= 0.3 is 0 Å². The van der Waals surface area contributed by atoms with Gasteiger partial charge in [-0.05, 0) is 298 Å². The first-order chi connectivity index (χ1) is 72.7. The number of aromatic nitrogens is 6. The van der Waals surface area contributed by atoms with Gasteiger partial charge < -0.3 is 27.4 Å². The Morgan fingerprint density at radius 2 is 0.388 bits per heavy atom. The summed E-state index contributed by atoms with van der Waals surface area (Å²) in [6.07, 6.45) is 0. The lowest BCUT2D eigenvalue weighted by molar-refractivity contribution is 0.661. The fraction of sp³-hybridized carbons (Fsp3) is 0.0213. The van der Waals surface area contributed by atoms with Crippen molar-refractivity contribution >= 4 is 163 Å². The SMILES string of the molecule is CC1(C)c2ccccc2-c2cc3c4cc(-c5ccc6c(c5)c5ccccc5n6-c5ccccc5)ccc4n(-c4ccccc4)c3cc21.c1ccc(-c2cccc(-n3c4ccccc4c4cc(-c5ccc6c(c5)c5ccccc5n6-c5cccc(-c6ccccc6)c5)ccc43)c2)cc1.c1ccc2cc(-n3c4ccccc4c4cc(-c5ccc6c(c5)c5ccccc5n6-c5ccc6c(ccc7ccccc76)c5)ccc43)ccc2c1. The molecular formula is C141H94N6. The van der Waals surface area contributed by atoms with E-state index in [9.17, 15) is 0 Å². The van der Waals surface area contributed by atoms with Crippen LogP contribution in [0.3, 0.4) is 0 Å². The van der Waals surface area contributed by atoms with E-state index in [-0.39, 0.29) is 5.41 Å². The summed E-state index contributed by atoms with van der Waals surface area (Å²) in [4.78, 5) is 0. The third-order valence-corrected chi connectivity index (χ3v) is 31.3. The first kappa shape index (κ1) is 84.7. The number of para-hydroxylation sites is 7. The number of hydrogen-bond acceptors (Lipinski definition) is 0. The molecule has 0 N–H and O–H groups in total. The van der Waals surface area contributed by atoms with Crippen molar-refractivity contribution in [2.24, 2.45) is 0 Å². The van der Waals surface area contributed by atoms with Crippen molar-refractivity contribution in [1.29, 1.82) is 0 Å². The van der Waals surface area contributed by atoms with Crippen LogP contribution in [0.25, 0.3) is 264 Å². The van der Waals surface area contributed by atoms with Crippen molar-refractivity contribution in [3.8, 4) is 101 Å². The molecule has 147 heavy (non-hydrogen) atoms. The fourth-order valence-corrected chi connectivity index (χ4v) is 24.3. The standard InChI is InChI=1S/C48H30N2.C48H32N2.C45H32N2/c1-2-11-33-27-37(22-19-31(33)9-1)49-45-15-7-5-13-41(45)43-29-34(20-25-47(43)49)35-21-26-48-44(30-35)42-14-6-8-16-46(42)50(48)38-23-24-40-36(28-38)18-17-32-10-3-4-12-39(32)40;1-3-13-33(14-4-1)35-17-11-19-39(29-35)49-45-23-9-7-21-41(45)43-31-37(25-27-47(43)49)38-26-28-48-44(32-38)42-22-8-10-24-46(42)50(48)40-20-12-18-36(30-40)34-15-5-2-6-16-34;1-45(2)39-19-11-9-17-33(39)35-27-38-37-26-30(22-24-43(37)47(44(38)28-40(35)45)32-15-7-4-8-16-32)29-21-23-42-36(25-29)34-18-10-12-20-41(34)46(42)31-13-5-3-6-14-31/h1-30H;1-32H;3-28H,1-2H3. The minimum absolute atomic E-state index is 0.0579. The molecule has 0 unspecified atom stereocenters. The Kier molecular flexibility index (Phi) is 19.6. The van der Waals surface area contributed by atoms with Crippen LogP contribution in [0.2, 0.25) is 0 Å². The summed E-state index contributed by atoms with van der Waals surface area (Å²) in [6, 6.07) is 195. The zero-order chi connectivity index (χ0) is 97.1. The Hall–Kier alpha value is -19.1. The highest BCUT2D eigenvalue weighted by atomic mass is 15.0. The number of benzene rings is 24. The maximum atomic E-state index is 2.46. The van der Waals surface area contributed by atoms with Crippen LogP contribution in [0, 0.1) is 0 Å². The van der Waals surface area contributed by atoms with Crippen molar-refractivity contribution in [3.63, 3.8) is 0 Å². The number of fused-ring (bicyclic) bond motifs is 25. The summed E-state index contributed by atoms with van der Waals surface area (Å²) in [5.74, 6) is 0. The van der Waals surface area contributed by atoms with E-state index in [0.29, 0.717) is 0 Å². The molecule has 24 aromatic carbocycles. The summed E-state index contributed by atoms with van der Waals surface area (Å²) < 4.78 is 14.5. The van der Waals surface area contributed by atoms with E-state index in [1.807, 2.05) is 0 Å². The van der Waals surface area contributed by atoms with Gasteiger partial charge in [0, 0.05) is 104 Å². The van der Waals surface area contributed by atoms with E-state index in [1.54, 1.807) is 0 Å². The highest BCUT2D eigenvalue weighted by Gasteiger charge is 2.37. The lowest BCUT2D eigenvalue weighted by Crippen LogP contribution is -2.14. The molecule has 0 atom stereocenters. The topological polar surface area (TPSA) is 29.6 Å². The fourth-order valence-electron chi connectivity index (χ4n) is 24.3. The van der Waals surface area contributed by atoms with Crippen LogP contribution < -0.4 is 0 Å². The zero-order valence-electron chi connectivity index (χ0n) is 81.0. The Morgan fingerprint density at radius 3 is 0.810 bits per heavy atom. The van der Waals surface area contributed by atoms with Gasteiger partial charge in [0.15, 0.2) is 0 Å². The molecule has 30 aromatic rings. The average molecular weight is 1870 g/mol. The summed E-state index contributed by atoms with van der Waals surface area (Å²) in [7, 11) is 0. The zero-order valence-corrected chi connectivity index (χ0v) is 81.0. The summed E-state index contributed by atoms with van der Waals surface area (Å²) >= 11 is 0. The molecule has 6 heteroatoms. The van der Waals surface area contributed by atoms with Crippen LogP contribution in [-0.4, -0.2) is 27.4 Å². The number of nitrogens with zero attached hydrogens (tertiary/aromatic N) is 6. The molecule has 31 rings (SSSR count). The monoisotopic (exact) mass is 1870 g/mol. The van der Waals surface area contributed by atoms with Crippen LogP contribution in [0.5, 0.6) is 0 Å². The van der Waals surface area contributed by atoms with E-state index in [4.69, 9.17) is 0 Å². The molecule has 0 fully saturated rings. The predicted octanol–water partition coefficient (Wildman–Crippen LogP) is 37.7. The Morgan fingerprint density at radius 1 is 0.122 bits per heavy atom. The van der Waals surface area contributed by atoms with E-state index in [1.165, 1.54) is 264 Å². The van der Waals surface area contributed by atoms with Gasteiger partial charge in [-0.2, -0.15) is 0 Å². The predicted molar refractivity (Wildman–Crippen MR) is 623 cm³/mol. The summed E-state index contributed by atoms with van der Waals surface area (Å²) in [6.45, 7) is 4.73. The molecule has 688 valence electrons. The van der Waals surface area contributed by atoms with Crippen LogP contribution in [0.4, 0.5) is 0 Å². The normalized spacial score (nSPS) is 12.3. The summed E-state index contributed by atoms with van der Waals surface area (Å²) in [5.41, 5.74) is 39.3. The minimum atomic E-state index is -0.0579. The second-order valence-electron chi connectivity index (χ2n) is 39.8. The Bertz CT molecular complexity index is 10400. The molecule has 1 aliphatic carbocycles. The molecule has 0 spiro atoms. The van der Waals surface area contributed by atoms with Gasteiger partial charge in [0.2, 0.25) is 0 Å². The highest BCUT2D eigenvalue weighted by Crippen LogP contribution is 2.53. The van der Waals surface area contributed by atoms with Crippen LogP contribution in [0.15, 0.2) is 534 Å². The molecule has 0 saturated heterocycles. The largest absolute Gasteiger partial charge is 0.309 e. The van der Waals surface area contributed by atoms with E-state index in [0.717, 1.165) is 11.4 Å². The Labute approximate surface area is 849 Å². The molecule has 0 amide bonds. The van der Waals surface area contributed by atoms with Gasteiger partial charge in [-0.3, -0.25) is 0 Å². The molecule has 0 bridgehead atoms. The summed E-state index contributed by atoms with van der Waals surface area (Å²) in [5, 5.41) is 22.8. The third-order valence-electron chi connectivity index (χ3n) is 31.3. The van der Waals surface area contributed by atoms with Crippen LogP contribution >= 0.6 is 0 Å². The van der Waals surface area contributed by atoms with Crippen molar-refractivity contribution in [1.82, 2.24) is 27.4 Å². The van der Waals surface area contributed by atoms with Gasteiger partial charge in [0.05, 0.1) is 66.2 Å². The van der Waals surface area contributed by atoms with Crippen molar-refractivity contribution < 1.29 is 0 Å². The first-order valence-corrected chi connectivity index (χ1v) is 50.9. The minimum Gasteiger partial charge on any atom is -0.309 e. The van der Waals surface area contributed by atoms with Gasteiger partial charge in [-0.25, -0.2) is 0 Å². The first-order valence-electron chi connectivity index (χ1n) is 50.9. The maximum Gasteiger partial charge on any atom is 0.0544 e. The van der Waals surface area contributed by atoms with Crippen LogP contribution in [-0.2, 0) is 5.41 Å². The second kappa shape index (κ2) is 34.1. The molecule has 0 saturated carbocycles. The van der Waals surface area contributed by atoms with Gasteiger partial charge in [-0.15, -0.1) is 0 Å².